The van der Waals surface area contributed by atoms with Crippen LogP contribution in [0.25, 0.3) is 0 Å². The minimum atomic E-state index is 0.644. The average Bonchev–Trinajstić information content (AvgIpc) is 1.99. The Morgan fingerprint density at radius 3 is 2.40 bits per heavy atom. The van der Waals surface area contributed by atoms with Crippen LogP contribution in [-0.2, 0) is 0 Å². The Kier molecular flexibility index (Phi) is 4.99. The first kappa shape index (κ1) is 9.47. The van der Waals surface area contributed by atoms with Crippen LogP contribution in [0.4, 0.5) is 0 Å². The van der Waals surface area contributed by atoms with Gasteiger partial charge < -0.3 is 5.21 Å². The van der Waals surface area contributed by atoms with Gasteiger partial charge in [0.15, 0.2) is 0 Å². The van der Waals surface area contributed by atoms with Gasteiger partial charge in [-0.25, -0.2) is 0 Å². The summed E-state index contributed by atoms with van der Waals surface area (Å²) in [6.45, 7) is 6.33. The average molecular weight is 143 g/mol. The summed E-state index contributed by atoms with van der Waals surface area (Å²) < 4.78 is 0. The molecule has 0 amide bonds. The lowest BCUT2D eigenvalue weighted by atomic mass is 10.0. The van der Waals surface area contributed by atoms with E-state index < -0.39 is 0 Å². The fourth-order valence-electron chi connectivity index (χ4n) is 0.802. The molecule has 0 bridgehead atoms. The lowest BCUT2D eigenvalue weighted by Crippen LogP contribution is -2.03. The molecule has 0 saturated carbocycles. The van der Waals surface area contributed by atoms with Crippen molar-refractivity contribution >= 4 is 5.71 Å². The van der Waals surface area contributed by atoms with E-state index in [2.05, 4.69) is 19.0 Å². The van der Waals surface area contributed by atoms with Crippen molar-refractivity contribution in [3.63, 3.8) is 0 Å². The Morgan fingerprint density at radius 1 is 1.50 bits per heavy atom. The van der Waals surface area contributed by atoms with Gasteiger partial charge in [0.1, 0.15) is 0 Å². The molecule has 0 aromatic carbocycles. The third-order valence-corrected chi connectivity index (χ3v) is 1.83. The molecule has 0 aromatic heterocycles. The number of hydrogen-bond donors (Lipinski definition) is 1. The van der Waals surface area contributed by atoms with Gasteiger partial charge in [-0.2, -0.15) is 0 Å². The molecule has 0 aromatic rings. The van der Waals surface area contributed by atoms with Crippen LogP contribution in [0.15, 0.2) is 5.16 Å². The van der Waals surface area contributed by atoms with Gasteiger partial charge in [0, 0.05) is 0 Å². The molecule has 10 heavy (non-hydrogen) atoms. The normalized spacial score (nSPS) is 15.3. The maximum absolute atomic E-state index is 8.46. The van der Waals surface area contributed by atoms with Crippen LogP contribution < -0.4 is 0 Å². The number of nitrogens with zero attached hydrogens (tertiary/aromatic N) is 1. The van der Waals surface area contributed by atoms with E-state index in [1.54, 1.807) is 0 Å². The van der Waals surface area contributed by atoms with Gasteiger partial charge >= 0.3 is 0 Å². The highest BCUT2D eigenvalue weighted by molar-refractivity contribution is 5.83. The lowest BCUT2D eigenvalue weighted by molar-refractivity contribution is 0.315. The summed E-state index contributed by atoms with van der Waals surface area (Å²) in [5.74, 6) is 0.644. The quantitative estimate of drug-likeness (QED) is 0.366. The highest BCUT2D eigenvalue weighted by atomic mass is 16.4. The summed E-state index contributed by atoms with van der Waals surface area (Å²) >= 11 is 0. The van der Waals surface area contributed by atoms with Gasteiger partial charge in [-0.3, -0.25) is 0 Å². The molecule has 0 aliphatic carbocycles. The Bertz CT molecular complexity index is 110. The first-order chi connectivity index (χ1) is 4.74. The highest BCUT2D eigenvalue weighted by Crippen LogP contribution is 2.08. The van der Waals surface area contributed by atoms with E-state index in [1.165, 1.54) is 0 Å². The molecule has 2 heteroatoms. The van der Waals surface area contributed by atoms with Crippen molar-refractivity contribution in [1.82, 2.24) is 0 Å². The predicted octanol–water partition coefficient (Wildman–Crippen LogP) is 2.66. The van der Waals surface area contributed by atoms with Gasteiger partial charge in [-0.15, -0.1) is 0 Å². The van der Waals surface area contributed by atoms with Crippen LogP contribution >= 0.6 is 0 Å². The zero-order chi connectivity index (χ0) is 7.98. The summed E-state index contributed by atoms with van der Waals surface area (Å²) in [7, 11) is 0. The minimum Gasteiger partial charge on any atom is -0.411 e. The molecule has 0 aliphatic heterocycles. The Hall–Kier alpha value is -0.530. The highest BCUT2D eigenvalue weighted by Gasteiger charge is 2.02. The van der Waals surface area contributed by atoms with Crippen molar-refractivity contribution in [2.75, 3.05) is 0 Å². The zero-order valence-corrected chi connectivity index (χ0v) is 7.09. The monoisotopic (exact) mass is 143 g/mol. The Morgan fingerprint density at radius 2 is 2.10 bits per heavy atom. The van der Waals surface area contributed by atoms with Crippen LogP contribution in [0.2, 0.25) is 0 Å². The molecule has 0 unspecified atom stereocenters. The zero-order valence-electron chi connectivity index (χ0n) is 7.09. The smallest absolute Gasteiger partial charge is 0.0570 e. The van der Waals surface area contributed by atoms with E-state index in [0.717, 1.165) is 25.0 Å². The third-order valence-electron chi connectivity index (χ3n) is 1.83. The number of rotatable bonds is 4. The van der Waals surface area contributed by atoms with Crippen LogP contribution in [0.3, 0.4) is 0 Å². The first-order valence-corrected chi connectivity index (χ1v) is 3.94. The molecule has 60 valence electrons. The molecular formula is C8H17NO. The van der Waals surface area contributed by atoms with Crippen molar-refractivity contribution in [3.8, 4) is 0 Å². The molecule has 1 N–H and O–H groups in total. The standard InChI is InChI=1S/C8H17NO/c1-4-7(3)6-8(5-2)9-10/h7,10H,4-6H2,1-3H3/b9-8+/t7-/m1/s1. The molecule has 0 spiro atoms. The summed E-state index contributed by atoms with van der Waals surface area (Å²) in [6.07, 6.45) is 2.95. The first-order valence-electron chi connectivity index (χ1n) is 3.94. The topological polar surface area (TPSA) is 32.6 Å². The largest absolute Gasteiger partial charge is 0.411 e. The minimum absolute atomic E-state index is 0.644. The van der Waals surface area contributed by atoms with E-state index in [1.807, 2.05) is 6.92 Å². The van der Waals surface area contributed by atoms with E-state index in [-0.39, 0.29) is 0 Å². The molecule has 0 heterocycles. The van der Waals surface area contributed by atoms with Crippen LogP contribution in [-0.4, -0.2) is 10.9 Å². The van der Waals surface area contributed by atoms with Crippen LogP contribution in [0.5, 0.6) is 0 Å². The summed E-state index contributed by atoms with van der Waals surface area (Å²) in [4.78, 5) is 0. The van der Waals surface area contributed by atoms with Crippen molar-refractivity contribution in [3.05, 3.63) is 0 Å². The third kappa shape index (κ3) is 3.49. The Balaban J connectivity index is 3.64. The number of hydrogen-bond acceptors (Lipinski definition) is 2. The van der Waals surface area contributed by atoms with Crippen LogP contribution in [0, 0.1) is 5.92 Å². The van der Waals surface area contributed by atoms with Crippen molar-refractivity contribution in [1.29, 1.82) is 0 Å². The molecule has 0 fully saturated rings. The molecule has 2 nitrogen and oxygen atoms in total. The second-order valence-electron chi connectivity index (χ2n) is 2.74. The molecule has 0 saturated heterocycles. The Labute approximate surface area is 62.9 Å². The van der Waals surface area contributed by atoms with Gasteiger partial charge in [0.2, 0.25) is 0 Å². The predicted molar refractivity (Wildman–Crippen MR) is 43.6 cm³/mol. The summed E-state index contributed by atoms with van der Waals surface area (Å²) in [6, 6.07) is 0. The lowest BCUT2D eigenvalue weighted by Gasteiger charge is -2.06. The summed E-state index contributed by atoms with van der Waals surface area (Å²) in [5, 5.41) is 11.7. The van der Waals surface area contributed by atoms with E-state index in [9.17, 15) is 0 Å². The van der Waals surface area contributed by atoms with E-state index >= 15 is 0 Å². The summed E-state index contributed by atoms with van der Waals surface area (Å²) in [5.41, 5.74) is 0.911. The SMILES string of the molecule is CC/C(C[C@H](C)CC)=N\O. The van der Waals surface area contributed by atoms with Gasteiger partial charge in [-0.1, -0.05) is 32.3 Å². The van der Waals surface area contributed by atoms with E-state index in [4.69, 9.17) is 5.21 Å². The van der Waals surface area contributed by atoms with E-state index in [0.29, 0.717) is 5.92 Å². The maximum atomic E-state index is 8.46. The molecule has 0 radical (unpaired) electrons. The second kappa shape index (κ2) is 5.27. The second-order valence-corrected chi connectivity index (χ2v) is 2.74. The maximum Gasteiger partial charge on any atom is 0.0570 e. The molecule has 0 aliphatic rings. The van der Waals surface area contributed by atoms with Crippen LogP contribution in [0.1, 0.15) is 40.0 Å². The van der Waals surface area contributed by atoms with Crippen molar-refractivity contribution < 1.29 is 5.21 Å². The van der Waals surface area contributed by atoms with Gasteiger partial charge in [0.25, 0.3) is 0 Å². The van der Waals surface area contributed by atoms with Gasteiger partial charge in [0.05, 0.1) is 5.71 Å². The fourth-order valence-corrected chi connectivity index (χ4v) is 0.802. The van der Waals surface area contributed by atoms with Crippen molar-refractivity contribution in [2.24, 2.45) is 11.1 Å². The molecular weight excluding hydrogens is 126 g/mol. The van der Waals surface area contributed by atoms with Gasteiger partial charge in [-0.05, 0) is 18.8 Å². The van der Waals surface area contributed by atoms with Crippen molar-refractivity contribution in [2.45, 2.75) is 40.0 Å². The molecule has 1 atom stereocenters. The number of oxime groups is 1. The fraction of sp³-hybridized carbons (Fsp3) is 0.875. The molecule has 0 rings (SSSR count).